The van der Waals surface area contributed by atoms with Crippen molar-refractivity contribution in [3.8, 4) is 0 Å². The predicted molar refractivity (Wildman–Crippen MR) is 33.8 cm³/mol. The molecule has 0 rings (SSSR count). The molecule has 7 nitrogen and oxygen atoms in total. The maximum absolute atomic E-state index is 9.24. The molecule has 70 valence electrons. The summed E-state index contributed by atoms with van der Waals surface area (Å²) in [5.74, 6) is -0.968. The molecule has 0 aromatic rings. The molecule has 0 aliphatic rings. The van der Waals surface area contributed by atoms with Crippen LogP contribution in [0.3, 0.4) is 0 Å². The standard InChI is InChI=1S/C2H5NO2.ClH.2Na.H3O4P/c3-1-2(4)5;;;;1-5(2,3)4/h1,3H2,(H,4,5);1H;;;(H3,1,2,3,4)/q;;2*+1;/p-2. The first kappa shape index (κ1) is 29.4. The van der Waals surface area contributed by atoms with Crippen molar-refractivity contribution in [3.05, 3.63) is 0 Å². The molecule has 0 saturated heterocycles. The van der Waals surface area contributed by atoms with E-state index in [-0.39, 0.29) is 78.1 Å². The number of carboxylic acids is 1. The van der Waals surface area contributed by atoms with E-state index in [1.807, 2.05) is 0 Å². The first-order valence-electron chi connectivity index (χ1n) is 1.94. The Bertz CT molecular complexity index is 143. The average molecular weight is 253 g/mol. The summed E-state index contributed by atoms with van der Waals surface area (Å²) in [5, 5.41) is 7.60. The van der Waals surface area contributed by atoms with Crippen LogP contribution in [-0.2, 0) is 9.36 Å². The summed E-state index contributed by atoms with van der Waals surface area (Å²) >= 11 is 0. The van der Waals surface area contributed by atoms with Crippen LogP contribution in [0.2, 0.25) is 0 Å². The van der Waals surface area contributed by atoms with Crippen molar-refractivity contribution in [1.82, 2.24) is 0 Å². The summed E-state index contributed by atoms with van der Waals surface area (Å²) in [5.41, 5.74) is 4.57. The summed E-state index contributed by atoms with van der Waals surface area (Å²) < 4.78 is 8.66. The van der Waals surface area contributed by atoms with Crippen molar-refractivity contribution in [1.29, 1.82) is 0 Å². The van der Waals surface area contributed by atoms with Gasteiger partial charge in [0.15, 0.2) is 0 Å². The van der Waals surface area contributed by atoms with Gasteiger partial charge in [0.2, 0.25) is 0 Å². The number of rotatable bonds is 1. The first-order chi connectivity index (χ1) is 4.27. The Labute approximate surface area is 125 Å². The zero-order valence-electron chi connectivity index (χ0n) is 7.17. The number of carbonyl (C=O) groups is 1. The molecule has 0 aliphatic heterocycles. The van der Waals surface area contributed by atoms with Crippen LogP contribution in [0.15, 0.2) is 0 Å². The predicted octanol–water partition coefficient (Wildman–Crippen LogP) is -8.73. The Hall–Kier alpha value is 1.83. The summed E-state index contributed by atoms with van der Waals surface area (Å²) in [6.45, 7) is -0.278. The van der Waals surface area contributed by atoms with Gasteiger partial charge >= 0.3 is 65.1 Å². The fraction of sp³-hybridized carbons (Fsp3) is 0.500. The fourth-order valence-electron chi connectivity index (χ4n) is 0. The molecule has 11 heteroatoms. The topological polar surface area (TPSA) is 147 Å². The van der Waals surface area contributed by atoms with Gasteiger partial charge in [0.25, 0.3) is 0 Å². The monoisotopic (exact) mass is 253 g/mol. The van der Waals surface area contributed by atoms with Gasteiger partial charge in [0.1, 0.15) is 0 Å². The molecule has 0 atom stereocenters. The zero-order valence-corrected chi connectivity index (χ0v) is 12.9. The van der Waals surface area contributed by atoms with Gasteiger partial charge in [0, 0.05) is 0 Å². The van der Waals surface area contributed by atoms with E-state index in [0.717, 1.165) is 0 Å². The maximum Gasteiger partial charge on any atom is 1.00 e. The van der Waals surface area contributed by atoms with Crippen molar-refractivity contribution < 1.29 is 88.3 Å². The second kappa shape index (κ2) is 16.3. The Kier molecular flexibility index (Phi) is 36.7. The van der Waals surface area contributed by atoms with Gasteiger partial charge in [-0.1, -0.05) is 0 Å². The van der Waals surface area contributed by atoms with Gasteiger partial charge in [-0.2, -0.15) is 0 Å². The number of aliphatic carboxylic acids is 1. The van der Waals surface area contributed by atoms with Crippen LogP contribution in [0.1, 0.15) is 0 Å². The molecule has 0 fully saturated rings. The first-order valence-corrected chi connectivity index (χ1v) is 3.43. The van der Waals surface area contributed by atoms with Gasteiger partial charge in [-0.3, -0.25) is 4.79 Å². The van der Waals surface area contributed by atoms with Crippen LogP contribution in [0.25, 0.3) is 0 Å². The van der Waals surface area contributed by atoms with E-state index in [0.29, 0.717) is 0 Å². The molecule has 0 aliphatic carbocycles. The van der Waals surface area contributed by atoms with Crippen LogP contribution in [0.5, 0.6) is 0 Å². The van der Waals surface area contributed by atoms with E-state index in [4.69, 9.17) is 24.4 Å². The minimum absolute atomic E-state index is 0. The molecule has 4 N–H and O–H groups in total. The molecular formula is C2H7ClNNa2O6P. The molecule has 0 aromatic carbocycles. The number of nitrogens with two attached hydrogens (primary N) is 1. The summed E-state index contributed by atoms with van der Waals surface area (Å²) in [4.78, 5) is 33.5. The van der Waals surface area contributed by atoms with E-state index in [9.17, 15) is 4.79 Å². The van der Waals surface area contributed by atoms with E-state index in [1.165, 1.54) is 0 Å². The number of hydrogen-bond donors (Lipinski definition) is 3. The smallest absolute Gasteiger partial charge is 0.790 e. The van der Waals surface area contributed by atoms with Crippen molar-refractivity contribution >= 4 is 26.2 Å². The SMILES string of the molecule is Cl.NCC(=O)O.O=P([O-])([O-])O.[Na+].[Na+]. The van der Waals surface area contributed by atoms with Crippen molar-refractivity contribution in [2.24, 2.45) is 5.73 Å². The second-order valence-electron chi connectivity index (χ2n) is 1.07. The quantitative estimate of drug-likeness (QED) is 0.310. The van der Waals surface area contributed by atoms with Crippen LogP contribution in [0, 0.1) is 0 Å². The normalized spacial score (nSPS) is 7.38. The van der Waals surface area contributed by atoms with Crippen LogP contribution >= 0.6 is 20.2 Å². The molecule has 0 radical (unpaired) electrons. The molecule has 0 heterocycles. The molecule has 0 amide bonds. The van der Waals surface area contributed by atoms with E-state index < -0.39 is 13.8 Å². The Morgan fingerprint density at radius 3 is 1.46 bits per heavy atom. The third kappa shape index (κ3) is 132. The summed E-state index contributed by atoms with van der Waals surface area (Å²) in [7, 11) is -5.14. The number of phosphoric acid groups is 1. The van der Waals surface area contributed by atoms with Crippen molar-refractivity contribution in [2.75, 3.05) is 6.54 Å². The third-order valence-corrected chi connectivity index (χ3v) is 0.175. The molecular weight excluding hydrogens is 246 g/mol. The largest absolute Gasteiger partial charge is 1.00 e. The molecule has 13 heavy (non-hydrogen) atoms. The average Bonchev–Trinajstić information content (AvgIpc) is 1.61. The Morgan fingerprint density at radius 1 is 1.38 bits per heavy atom. The molecule has 0 saturated carbocycles. The van der Waals surface area contributed by atoms with Crippen molar-refractivity contribution in [3.63, 3.8) is 0 Å². The van der Waals surface area contributed by atoms with Gasteiger partial charge in [-0.15, -0.1) is 12.4 Å². The molecule has 0 unspecified atom stereocenters. The van der Waals surface area contributed by atoms with E-state index in [2.05, 4.69) is 5.73 Å². The maximum atomic E-state index is 9.24. The number of halogens is 1. The van der Waals surface area contributed by atoms with Gasteiger partial charge in [-0.05, 0) is 0 Å². The van der Waals surface area contributed by atoms with Gasteiger partial charge in [0.05, 0.1) is 14.4 Å². The fourth-order valence-corrected chi connectivity index (χ4v) is 0. The van der Waals surface area contributed by atoms with Crippen LogP contribution in [-0.4, -0.2) is 22.5 Å². The van der Waals surface area contributed by atoms with Crippen molar-refractivity contribution in [2.45, 2.75) is 0 Å². The zero-order chi connectivity index (χ0) is 8.78. The minimum Gasteiger partial charge on any atom is -0.790 e. The summed E-state index contributed by atoms with van der Waals surface area (Å²) in [6.07, 6.45) is 0. The van der Waals surface area contributed by atoms with Gasteiger partial charge in [-0.25, -0.2) is 0 Å². The van der Waals surface area contributed by atoms with Gasteiger partial charge < -0.3 is 30.1 Å². The third-order valence-electron chi connectivity index (χ3n) is 0.175. The Morgan fingerprint density at radius 2 is 1.46 bits per heavy atom. The number of hydrogen-bond acceptors (Lipinski definition) is 5. The molecule has 0 aromatic heterocycles. The van der Waals surface area contributed by atoms with E-state index >= 15 is 0 Å². The molecule has 0 bridgehead atoms. The van der Waals surface area contributed by atoms with Crippen LogP contribution < -0.4 is 74.6 Å². The number of carboxylic acid groups (broad SMARTS) is 1. The van der Waals surface area contributed by atoms with E-state index in [1.54, 1.807) is 0 Å². The second-order valence-corrected chi connectivity index (χ2v) is 2.00. The van der Waals surface area contributed by atoms with Crippen LogP contribution in [0.4, 0.5) is 0 Å². The summed E-state index contributed by atoms with van der Waals surface area (Å²) in [6, 6.07) is 0. The Balaban J connectivity index is -0.0000000267. The molecule has 0 spiro atoms. The minimum atomic E-state index is -5.14.